The number of methoxy groups -OCH3 is 3. The fraction of sp³-hybridized carbons (Fsp3) is 0.533. The van der Waals surface area contributed by atoms with Gasteiger partial charge < -0.3 is 25.3 Å². The summed E-state index contributed by atoms with van der Waals surface area (Å²) in [6, 6.07) is 3.36. The average Bonchev–Trinajstić information content (AvgIpc) is 3.35. The number of rotatable bonds is 7. The molecule has 3 N–H and O–H groups in total. The van der Waals surface area contributed by atoms with E-state index in [2.05, 4.69) is 5.32 Å². The first-order valence-electron chi connectivity index (χ1n) is 6.96. The van der Waals surface area contributed by atoms with Gasteiger partial charge in [0.2, 0.25) is 5.75 Å². The average molecular weight is 294 g/mol. The Bertz CT molecular complexity index is 515. The van der Waals surface area contributed by atoms with E-state index < -0.39 is 0 Å². The van der Waals surface area contributed by atoms with Gasteiger partial charge in [-0.3, -0.25) is 4.79 Å². The minimum atomic E-state index is -0.213. The molecule has 0 saturated heterocycles. The van der Waals surface area contributed by atoms with Crippen LogP contribution in [0.2, 0.25) is 0 Å². The number of carbonyl (C=O) groups is 1. The standard InChI is InChI=1S/C15H22N2O4/c1-19-12-7-6-10(13(20-2)14(12)21-3)15(18)17-11(8-16)9-4-5-9/h6-7,9,11H,4-5,8,16H2,1-3H3,(H,17,18). The van der Waals surface area contributed by atoms with Gasteiger partial charge in [-0.1, -0.05) is 0 Å². The van der Waals surface area contributed by atoms with Gasteiger partial charge in [-0.2, -0.15) is 0 Å². The van der Waals surface area contributed by atoms with E-state index in [4.69, 9.17) is 19.9 Å². The molecule has 2 rings (SSSR count). The SMILES string of the molecule is COc1ccc(C(=O)NC(CN)C2CC2)c(OC)c1OC. The van der Waals surface area contributed by atoms with E-state index in [1.807, 2.05) is 0 Å². The minimum Gasteiger partial charge on any atom is -0.493 e. The first-order chi connectivity index (χ1) is 10.2. The molecule has 6 heteroatoms. The molecule has 1 aliphatic carbocycles. The third-order valence-corrected chi connectivity index (χ3v) is 3.71. The van der Waals surface area contributed by atoms with Gasteiger partial charge in [-0.25, -0.2) is 0 Å². The van der Waals surface area contributed by atoms with Crippen LogP contribution in [0, 0.1) is 5.92 Å². The smallest absolute Gasteiger partial charge is 0.255 e. The highest BCUT2D eigenvalue weighted by Gasteiger charge is 2.32. The summed E-state index contributed by atoms with van der Waals surface area (Å²) in [5.41, 5.74) is 6.13. The molecule has 1 unspecified atom stereocenters. The summed E-state index contributed by atoms with van der Waals surface area (Å²) in [7, 11) is 4.54. The molecule has 1 fully saturated rings. The maximum atomic E-state index is 12.5. The summed E-state index contributed by atoms with van der Waals surface area (Å²) in [6.45, 7) is 0.437. The molecule has 1 aromatic carbocycles. The first-order valence-corrected chi connectivity index (χ1v) is 6.96. The number of hydrogen-bond donors (Lipinski definition) is 2. The van der Waals surface area contributed by atoms with E-state index in [-0.39, 0.29) is 11.9 Å². The van der Waals surface area contributed by atoms with Crippen molar-refractivity contribution < 1.29 is 19.0 Å². The Morgan fingerprint density at radius 2 is 1.90 bits per heavy atom. The number of carbonyl (C=O) groups excluding carboxylic acids is 1. The van der Waals surface area contributed by atoms with E-state index >= 15 is 0 Å². The van der Waals surface area contributed by atoms with Crippen LogP contribution in [-0.2, 0) is 0 Å². The molecule has 1 atom stereocenters. The Hall–Kier alpha value is -1.95. The Labute approximate surface area is 124 Å². The number of ether oxygens (including phenoxy) is 3. The zero-order valence-electron chi connectivity index (χ0n) is 12.6. The number of nitrogens with one attached hydrogen (secondary N) is 1. The van der Waals surface area contributed by atoms with Crippen LogP contribution in [0.15, 0.2) is 12.1 Å². The van der Waals surface area contributed by atoms with Crippen molar-refractivity contribution in [1.29, 1.82) is 0 Å². The first kappa shape index (κ1) is 15.4. The summed E-state index contributed by atoms with van der Waals surface area (Å²) < 4.78 is 15.8. The van der Waals surface area contributed by atoms with Gasteiger partial charge in [0.1, 0.15) is 0 Å². The van der Waals surface area contributed by atoms with E-state index in [0.717, 1.165) is 12.8 Å². The summed E-state index contributed by atoms with van der Waals surface area (Å²) in [4.78, 5) is 12.5. The van der Waals surface area contributed by atoms with Crippen molar-refractivity contribution in [2.75, 3.05) is 27.9 Å². The van der Waals surface area contributed by atoms with Crippen molar-refractivity contribution in [1.82, 2.24) is 5.32 Å². The minimum absolute atomic E-state index is 0.00954. The van der Waals surface area contributed by atoms with Gasteiger partial charge >= 0.3 is 0 Å². The Morgan fingerprint density at radius 3 is 2.38 bits per heavy atom. The predicted molar refractivity (Wildman–Crippen MR) is 79.1 cm³/mol. The van der Waals surface area contributed by atoms with E-state index in [1.54, 1.807) is 12.1 Å². The second-order valence-electron chi connectivity index (χ2n) is 5.03. The van der Waals surface area contributed by atoms with Crippen LogP contribution in [-0.4, -0.2) is 39.8 Å². The lowest BCUT2D eigenvalue weighted by Gasteiger charge is -2.19. The summed E-state index contributed by atoms with van der Waals surface area (Å²) >= 11 is 0. The second kappa shape index (κ2) is 6.67. The van der Waals surface area contributed by atoms with E-state index in [1.165, 1.54) is 21.3 Å². The summed E-state index contributed by atoms with van der Waals surface area (Å²) in [5, 5.41) is 2.97. The molecule has 21 heavy (non-hydrogen) atoms. The Morgan fingerprint density at radius 1 is 1.24 bits per heavy atom. The largest absolute Gasteiger partial charge is 0.493 e. The molecule has 0 bridgehead atoms. The lowest BCUT2D eigenvalue weighted by atomic mass is 10.1. The van der Waals surface area contributed by atoms with Crippen LogP contribution < -0.4 is 25.3 Å². The lowest BCUT2D eigenvalue weighted by molar-refractivity contribution is 0.0929. The lowest BCUT2D eigenvalue weighted by Crippen LogP contribution is -2.41. The molecule has 0 radical (unpaired) electrons. The van der Waals surface area contributed by atoms with Crippen LogP contribution in [0.4, 0.5) is 0 Å². The molecule has 1 saturated carbocycles. The van der Waals surface area contributed by atoms with Crippen molar-refractivity contribution in [3.05, 3.63) is 17.7 Å². The number of benzene rings is 1. The van der Waals surface area contributed by atoms with E-state index in [9.17, 15) is 4.79 Å². The maximum Gasteiger partial charge on any atom is 0.255 e. The maximum absolute atomic E-state index is 12.5. The summed E-state index contributed by atoms with van der Waals surface area (Å²) in [5.74, 6) is 1.56. The highest BCUT2D eigenvalue weighted by atomic mass is 16.5. The molecule has 1 aromatic rings. The van der Waals surface area contributed by atoms with Crippen LogP contribution in [0.25, 0.3) is 0 Å². The van der Waals surface area contributed by atoms with Crippen molar-refractivity contribution in [2.24, 2.45) is 11.7 Å². The fourth-order valence-corrected chi connectivity index (χ4v) is 2.39. The van der Waals surface area contributed by atoms with Gasteiger partial charge in [0.25, 0.3) is 5.91 Å². The fourth-order valence-electron chi connectivity index (χ4n) is 2.39. The Balaban J connectivity index is 2.27. The molecular formula is C15H22N2O4. The zero-order chi connectivity index (χ0) is 15.4. The van der Waals surface area contributed by atoms with Crippen molar-refractivity contribution >= 4 is 5.91 Å². The molecule has 6 nitrogen and oxygen atoms in total. The van der Waals surface area contributed by atoms with Crippen molar-refractivity contribution in [2.45, 2.75) is 18.9 Å². The third-order valence-electron chi connectivity index (χ3n) is 3.71. The molecule has 1 amide bonds. The number of amides is 1. The third kappa shape index (κ3) is 3.21. The van der Waals surface area contributed by atoms with Gasteiger partial charge in [0, 0.05) is 12.6 Å². The second-order valence-corrected chi connectivity index (χ2v) is 5.03. The van der Waals surface area contributed by atoms with Crippen LogP contribution in [0.1, 0.15) is 23.2 Å². The highest BCUT2D eigenvalue weighted by Crippen LogP contribution is 2.40. The molecule has 116 valence electrons. The van der Waals surface area contributed by atoms with Crippen molar-refractivity contribution in [3.8, 4) is 17.2 Å². The van der Waals surface area contributed by atoms with Crippen molar-refractivity contribution in [3.63, 3.8) is 0 Å². The van der Waals surface area contributed by atoms with Gasteiger partial charge in [-0.15, -0.1) is 0 Å². The highest BCUT2D eigenvalue weighted by molar-refractivity contribution is 5.98. The van der Waals surface area contributed by atoms with E-state index in [0.29, 0.717) is 35.3 Å². The van der Waals surface area contributed by atoms with Gasteiger partial charge in [-0.05, 0) is 30.9 Å². The molecule has 0 heterocycles. The molecule has 0 aliphatic heterocycles. The predicted octanol–water partition coefficient (Wildman–Crippen LogP) is 1.18. The van der Waals surface area contributed by atoms with Crippen LogP contribution in [0.3, 0.4) is 0 Å². The molecule has 0 spiro atoms. The van der Waals surface area contributed by atoms with Gasteiger partial charge in [0.15, 0.2) is 11.5 Å². The van der Waals surface area contributed by atoms with Gasteiger partial charge in [0.05, 0.1) is 26.9 Å². The normalized spacial score (nSPS) is 15.2. The quantitative estimate of drug-likeness (QED) is 0.789. The number of hydrogen-bond acceptors (Lipinski definition) is 5. The monoisotopic (exact) mass is 294 g/mol. The Kier molecular flexibility index (Phi) is 4.90. The molecular weight excluding hydrogens is 272 g/mol. The molecule has 1 aliphatic rings. The topological polar surface area (TPSA) is 82.8 Å². The number of nitrogens with two attached hydrogens (primary N) is 1. The van der Waals surface area contributed by atoms with Crippen LogP contribution in [0.5, 0.6) is 17.2 Å². The zero-order valence-corrected chi connectivity index (χ0v) is 12.6. The summed E-state index contributed by atoms with van der Waals surface area (Å²) in [6.07, 6.45) is 2.23. The van der Waals surface area contributed by atoms with Crippen LogP contribution >= 0.6 is 0 Å². The molecule has 0 aromatic heterocycles.